The van der Waals surface area contributed by atoms with Crippen LogP contribution in [0.1, 0.15) is 0 Å². The molecule has 0 aliphatic carbocycles. The van der Waals surface area contributed by atoms with Crippen molar-refractivity contribution in [2.45, 2.75) is 11.9 Å². The summed E-state index contributed by atoms with van der Waals surface area (Å²) in [6.45, 7) is -1.31. The maximum absolute atomic E-state index is 10.5. The highest BCUT2D eigenvalue weighted by Gasteiger charge is 2.50. The van der Waals surface area contributed by atoms with Crippen LogP contribution in [0.25, 0.3) is 0 Å². The summed E-state index contributed by atoms with van der Waals surface area (Å²) >= 11 is 0. The maximum atomic E-state index is 10.5. The molecular weight excluding hydrogens is 184 g/mol. The number of aliphatic hydroxyl groups is 1. The number of aliphatic carboxylic acids is 2. The van der Waals surface area contributed by atoms with Crippen LogP contribution in [0, 0.1) is 0 Å². The highest BCUT2D eigenvalue weighted by molar-refractivity contribution is 5.79. The molecule has 2 unspecified atom stereocenters. The van der Waals surface area contributed by atoms with Crippen molar-refractivity contribution < 1.29 is 34.4 Å². The second-order valence-corrected chi connectivity index (χ2v) is 2.47. The Bertz CT molecular complexity index is 237. The van der Waals surface area contributed by atoms with Crippen LogP contribution in [0.2, 0.25) is 0 Å². The molecule has 0 aromatic carbocycles. The number of hydrogen-bond acceptors (Lipinski definition) is 5. The molecule has 0 aromatic rings. The minimum Gasteiger partial charge on any atom is -0.479 e. The minimum absolute atomic E-state index is 0.387. The van der Waals surface area contributed by atoms with Gasteiger partial charge in [-0.15, -0.1) is 0 Å². The number of hydrogen-bond donors (Lipinski definition) is 3. The third-order valence-corrected chi connectivity index (χ3v) is 1.61. The van der Waals surface area contributed by atoms with Gasteiger partial charge >= 0.3 is 11.9 Å². The first-order valence-electron chi connectivity index (χ1n) is 3.40. The van der Waals surface area contributed by atoms with Crippen LogP contribution in [0.4, 0.5) is 0 Å². The van der Waals surface area contributed by atoms with Gasteiger partial charge in [-0.3, -0.25) is 0 Å². The summed E-state index contributed by atoms with van der Waals surface area (Å²) in [7, 11) is 0. The predicted octanol–water partition coefficient (Wildman–Crippen LogP) is -1.74. The first kappa shape index (κ1) is 9.90. The average molecular weight is 192 g/mol. The number of carboxylic acid groups (broad SMARTS) is 2. The third-order valence-electron chi connectivity index (χ3n) is 1.61. The van der Waals surface area contributed by atoms with Crippen LogP contribution in [-0.2, 0) is 19.1 Å². The number of carbonyl (C=O) groups is 2. The van der Waals surface area contributed by atoms with Crippen molar-refractivity contribution in [2.75, 3.05) is 13.2 Å². The maximum Gasteiger partial charge on any atom is 0.367 e. The van der Waals surface area contributed by atoms with Crippen molar-refractivity contribution in [2.24, 2.45) is 0 Å². The lowest BCUT2D eigenvalue weighted by atomic mass is 10.3. The van der Waals surface area contributed by atoms with Gasteiger partial charge in [0, 0.05) is 0 Å². The van der Waals surface area contributed by atoms with Gasteiger partial charge in [0.1, 0.15) is 6.61 Å². The molecule has 1 rings (SSSR count). The average Bonchev–Trinajstić information content (AvgIpc) is 2.49. The zero-order chi connectivity index (χ0) is 10.1. The molecule has 1 aliphatic rings. The lowest BCUT2D eigenvalue weighted by molar-refractivity contribution is -0.217. The molecule has 0 radical (unpaired) electrons. The van der Waals surface area contributed by atoms with Crippen LogP contribution in [0.15, 0.2) is 0 Å². The van der Waals surface area contributed by atoms with Gasteiger partial charge < -0.3 is 24.8 Å². The summed E-state index contributed by atoms with van der Waals surface area (Å²) in [4.78, 5) is 20.9. The molecule has 2 atom stereocenters. The third kappa shape index (κ3) is 1.62. The molecular formula is C6H8O7. The van der Waals surface area contributed by atoms with Crippen LogP contribution in [0.5, 0.6) is 0 Å². The second-order valence-electron chi connectivity index (χ2n) is 2.47. The first-order chi connectivity index (χ1) is 6.02. The van der Waals surface area contributed by atoms with E-state index >= 15 is 0 Å². The van der Waals surface area contributed by atoms with E-state index in [1.807, 2.05) is 0 Å². The Hall–Kier alpha value is -1.18. The van der Waals surface area contributed by atoms with Gasteiger partial charge in [-0.25, -0.2) is 9.59 Å². The van der Waals surface area contributed by atoms with Crippen LogP contribution in [0.3, 0.4) is 0 Å². The van der Waals surface area contributed by atoms with Gasteiger partial charge in [0.2, 0.25) is 0 Å². The molecule has 1 saturated heterocycles. The second kappa shape index (κ2) is 3.29. The SMILES string of the molecule is O=C(O)C1COC(CO)(C(=O)O)O1. The summed E-state index contributed by atoms with van der Waals surface area (Å²) in [5.41, 5.74) is 0. The fourth-order valence-corrected chi connectivity index (χ4v) is 0.893. The first-order valence-corrected chi connectivity index (χ1v) is 3.40. The Morgan fingerprint density at radius 1 is 1.46 bits per heavy atom. The van der Waals surface area contributed by atoms with Crippen LogP contribution in [-0.4, -0.2) is 52.4 Å². The fourth-order valence-electron chi connectivity index (χ4n) is 0.893. The summed E-state index contributed by atoms with van der Waals surface area (Å²) in [5, 5.41) is 25.7. The summed E-state index contributed by atoms with van der Waals surface area (Å²) < 4.78 is 9.12. The van der Waals surface area contributed by atoms with Crippen LogP contribution < -0.4 is 0 Å². The normalized spacial score (nSPS) is 33.2. The number of carboxylic acids is 2. The van der Waals surface area contributed by atoms with Crippen molar-refractivity contribution in [3.8, 4) is 0 Å². The van der Waals surface area contributed by atoms with E-state index in [0.717, 1.165) is 0 Å². The molecule has 7 heteroatoms. The highest BCUT2D eigenvalue weighted by Crippen LogP contribution is 2.23. The summed E-state index contributed by atoms with van der Waals surface area (Å²) in [6.07, 6.45) is -1.34. The Morgan fingerprint density at radius 2 is 2.08 bits per heavy atom. The van der Waals surface area contributed by atoms with E-state index in [9.17, 15) is 9.59 Å². The van der Waals surface area contributed by atoms with E-state index in [0.29, 0.717) is 0 Å². The van der Waals surface area contributed by atoms with Gasteiger partial charge in [-0.1, -0.05) is 0 Å². The predicted molar refractivity (Wildman–Crippen MR) is 35.9 cm³/mol. The fraction of sp³-hybridized carbons (Fsp3) is 0.667. The quantitative estimate of drug-likeness (QED) is 0.486. The van der Waals surface area contributed by atoms with E-state index < -0.39 is 30.4 Å². The van der Waals surface area contributed by atoms with Crippen molar-refractivity contribution in [3.63, 3.8) is 0 Å². The molecule has 3 N–H and O–H groups in total. The molecule has 0 amide bonds. The number of aliphatic hydroxyl groups excluding tert-OH is 1. The molecule has 0 saturated carbocycles. The Balaban J connectivity index is 2.74. The largest absolute Gasteiger partial charge is 0.479 e. The molecule has 1 aliphatic heterocycles. The van der Waals surface area contributed by atoms with Crippen molar-refractivity contribution >= 4 is 11.9 Å². The van der Waals surface area contributed by atoms with E-state index in [2.05, 4.69) is 9.47 Å². The van der Waals surface area contributed by atoms with Crippen LogP contribution >= 0.6 is 0 Å². The smallest absolute Gasteiger partial charge is 0.367 e. The molecule has 13 heavy (non-hydrogen) atoms. The molecule has 1 fully saturated rings. The zero-order valence-corrected chi connectivity index (χ0v) is 6.47. The van der Waals surface area contributed by atoms with Gasteiger partial charge in [0.05, 0.1) is 6.61 Å². The van der Waals surface area contributed by atoms with E-state index in [1.54, 1.807) is 0 Å². The van der Waals surface area contributed by atoms with Gasteiger partial charge in [-0.2, -0.15) is 0 Å². The standard InChI is InChI=1S/C6H8O7/c7-2-6(5(10)11)12-1-3(13-6)4(8)9/h3,7H,1-2H2,(H,8,9)(H,10,11). The molecule has 0 spiro atoms. The van der Waals surface area contributed by atoms with Crippen molar-refractivity contribution in [3.05, 3.63) is 0 Å². The summed E-state index contributed by atoms with van der Waals surface area (Å²) in [6, 6.07) is 0. The lowest BCUT2D eigenvalue weighted by Gasteiger charge is -2.19. The monoisotopic (exact) mass is 192 g/mol. The van der Waals surface area contributed by atoms with Crippen molar-refractivity contribution in [1.29, 1.82) is 0 Å². The summed E-state index contributed by atoms with van der Waals surface area (Å²) in [5.74, 6) is -5.08. The molecule has 7 nitrogen and oxygen atoms in total. The Morgan fingerprint density at radius 3 is 2.31 bits per heavy atom. The van der Waals surface area contributed by atoms with Gasteiger partial charge in [0.15, 0.2) is 6.10 Å². The molecule has 0 bridgehead atoms. The van der Waals surface area contributed by atoms with Gasteiger partial charge in [-0.05, 0) is 0 Å². The lowest BCUT2D eigenvalue weighted by Crippen LogP contribution is -2.44. The topological polar surface area (TPSA) is 113 Å². The molecule has 1 heterocycles. The van der Waals surface area contributed by atoms with E-state index in [-0.39, 0.29) is 6.61 Å². The zero-order valence-electron chi connectivity index (χ0n) is 6.47. The Kier molecular flexibility index (Phi) is 2.50. The van der Waals surface area contributed by atoms with Gasteiger partial charge in [0.25, 0.3) is 5.79 Å². The highest BCUT2D eigenvalue weighted by atomic mass is 16.8. The molecule has 74 valence electrons. The number of ether oxygens (including phenoxy) is 2. The molecule has 0 aromatic heterocycles. The van der Waals surface area contributed by atoms with E-state index in [1.165, 1.54) is 0 Å². The van der Waals surface area contributed by atoms with Crippen molar-refractivity contribution in [1.82, 2.24) is 0 Å². The number of rotatable bonds is 3. The van der Waals surface area contributed by atoms with E-state index in [4.69, 9.17) is 15.3 Å². The Labute approximate surface area is 72.5 Å². The minimum atomic E-state index is -2.22.